The molecule has 0 amide bonds. The molecule has 6 heteroatoms. The van der Waals surface area contributed by atoms with Crippen LogP contribution in [0.2, 0.25) is 0 Å². The van der Waals surface area contributed by atoms with Gasteiger partial charge >= 0.3 is 0 Å². The fraction of sp³-hybridized carbons (Fsp3) is 0.333. The van der Waals surface area contributed by atoms with Gasteiger partial charge in [-0.25, -0.2) is 0 Å². The number of hydrogen-bond donors (Lipinski definition) is 0. The number of hydrogen-bond acceptors (Lipinski definition) is 6. The summed E-state index contributed by atoms with van der Waals surface area (Å²) in [5.74, 6) is 1.58. The van der Waals surface area contributed by atoms with E-state index >= 15 is 0 Å². The normalized spacial score (nSPS) is 20.3. The molecule has 0 saturated carbocycles. The zero-order valence-electron chi connectivity index (χ0n) is 15.2. The van der Waals surface area contributed by atoms with E-state index in [9.17, 15) is 0 Å². The highest BCUT2D eigenvalue weighted by molar-refractivity contribution is 5.57. The van der Waals surface area contributed by atoms with E-state index in [2.05, 4.69) is 33.0 Å². The monoisotopic (exact) mass is 359 g/mol. The lowest BCUT2D eigenvalue weighted by atomic mass is 9.90. The highest BCUT2D eigenvalue weighted by Crippen LogP contribution is 2.36. The molecule has 0 radical (unpaired) electrons. The summed E-state index contributed by atoms with van der Waals surface area (Å²) in [6, 6.07) is 15.5. The molecule has 2 aromatic heterocycles. The number of rotatable bonds is 4. The minimum absolute atomic E-state index is 0.0705. The van der Waals surface area contributed by atoms with Crippen molar-refractivity contribution in [2.45, 2.75) is 32.4 Å². The van der Waals surface area contributed by atoms with E-state index in [4.69, 9.17) is 9.78 Å². The van der Waals surface area contributed by atoms with Crippen molar-refractivity contribution in [1.29, 1.82) is 5.26 Å². The van der Waals surface area contributed by atoms with Gasteiger partial charge in [0.15, 0.2) is 0 Å². The number of aromatic nitrogens is 3. The van der Waals surface area contributed by atoms with Gasteiger partial charge in [-0.1, -0.05) is 30.3 Å². The molecule has 0 N–H and O–H groups in total. The molecule has 1 aromatic carbocycles. The van der Waals surface area contributed by atoms with E-state index < -0.39 is 0 Å². The van der Waals surface area contributed by atoms with Gasteiger partial charge in [0.05, 0.1) is 23.4 Å². The van der Waals surface area contributed by atoms with Crippen molar-refractivity contribution < 1.29 is 4.52 Å². The topological polar surface area (TPSA) is 78.8 Å². The Bertz CT molecular complexity index is 946. The smallest absolute Gasteiger partial charge is 0.244 e. The average Bonchev–Trinajstić information content (AvgIpc) is 3.19. The molecule has 0 spiro atoms. The van der Waals surface area contributed by atoms with Crippen molar-refractivity contribution >= 4 is 0 Å². The minimum Gasteiger partial charge on any atom is -0.337 e. The molecule has 3 heterocycles. The van der Waals surface area contributed by atoms with Gasteiger partial charge in [0.1, 0.15) is 0 Å². The van der Waals surface area contributed by atoms with E-state index in [1.54, 1.807) is 12.1 Å². The lowest BCUT2D eigenvalue weighted by Gasteiger charge is -2.37. The molecule has 0 bridgehead atoms. The van der Waals surface area contributed by atoms with E-state index in [0.29, 0.717) is 23.2 Å². The summed E-state index contributed by atoms with van der Waals surface area (Å²) in [5.41, 5.74) is 2.42. The van der Waals surface area contributed by atoms with Crippen LogP contribution in [0.4, 0.5) is 0 Å². The predicted molar refractivity (Wildman–Crippen MR) is 100 cm³/mol. The van der Waals surface area contributed by atoms with Crippen molar-refractivity contribution in [3.05, 3.63) is 65.8 Å². The van der Waals surface area contributed by atoms with Crippen LogP contribution in [0.15, 0.2) is 53.2 Å². The zero-order chi connectivity index (χ0) is 18.6. The molecule has 1 saturated heterocycles. The first kappa shape index (κ1) is 17.4. The third-order valence-corrected chi connectivity index (χ3v) is 5.07. The van der Waals surface area contributed by atoms with Gasteiger partial charge in [-0.3, -0.25) is 9.88 Å². The van der Waals surface area contributed by atoms with Crippen molar-refractivity contribution in [1.82, 2.24) is 20.0 Å². The maximum absolute atomic E-state index is 9.10. The van der Waals surface area contributed by atoms with E-state index in [1.165, 1.54) is 0 Å². The van der Waals surface area contributed by atoms with Crippen molar-refractivity contribution in [3.8, 4) is 17.5 Å². The van der Waals surface area contributed by atoms with Crippen LogP contribution >= 0.6 is 0 Å². The van der Waals surface area contributed by atoms with Crippen LogP contribution in [-0.4, -0.2) is 26.6 Å². The number of pyridine rings is 1. The van der Waals surface area contributed by atoms with Gasteiger partial charge in [0.25, 0.3) is 0 Å². The molecule has 0 unspecified atom stereocenters. The molecule has 4 rings (SSSR count). The number of benzene rings is 1. The molecule has 1 aliphatic heterocycles. The van der Waals surface area contributed by atoms with Gasteiger partial charge in [-0.2, -0.15) is 10.2 Å². The van der Waals surface area contributed by atoms with Crippen LogP contribution < -0.4 is 0 Å². The SMILES string of the molecule is C[C@H]1CCCN(Cc2ccccn2)[C@@H]1c1nc(-c2cccc(C#N)c2)no1. The summed E-state index contributed by atoms with van der Waals surface area (Å²) in [5, 5.41) is 13.3. The minimum atomic E-state index is 0.0705. The van der Waals surface area contributed by atoms with E-state index in [1.807, 2.05) is 36.5 Å². The second-order valence-corrected chi connectivity index (χ2v) is 7.00. The Hall–Kier alpha value is -3.04. The van der Waals surface area contributed by atoms with Gasteiger partial charge < -0.3 is 4.52 Å². The first-order chi connectivity index (χ1) is 13.2. The summed E-state index contributed by atoms with van der Waals surface area (Å²) < 4.78 is 5.66. The first-order valence-corrected chi connectivity index (χ1v) is 9.22. The van der Waals surface area contributed by atoms with Gasteiger partial charge in [-0.15, -0.1) is 0 Å². The quantitative estimate of drug-likeness (QED) is 0.701. The fourth-order valence-corrected chi connectivity index (χ4v) is 3.75. The highest BCUT2D eigenvalue weighted by atomic mass is 16.5. The van der Waals surface area contributed by atoms with Crippen molar-refractivity contribution in [3.63, 3.8) is 0 Å². The van der Waals surface area contributed by atoms with Crippen LogP contribution in [0.1, 0.15) is 43.0 Å². The molecule has 1 aliphatic rings. The number of nitrogens with zero attached hydrogens (tertiary/aromatic N) is 5. The fourth-order valence-electron chi connectivity index (χ4n) is 3.75. The number of nitriles is 1. The highest BCUT2D eigenvalue weighted by Gasteiger charge is 2.34. The molecule has 136 valence electrons. The summed E-state index contributed by atoms with van der Waals surface area (Å²) in [6.07, 6.45) is 4.10. The third-order valence-electron chi connectivity index (χ3n) is 5.07. The zero-order valence-corrected chi connectivity index (χ0v) is 15.2. The van der Waals surface area contributed by atoms with Gasteiger partial charge in [0, 0.05) is 18.3 Å². The average molecular weight is 359 g/mol. The molecule has 0 aliphatic carbocycles. The molecule has 27 heavy (non-hydrogen) atoms. The van der Waals surface area contributed by atoms with Crippen molar-refractivity contribution in [2.24, 2.45) is 5.92 Å². The Morgan fingerprint density at radius 3 is 3.00 bits per heavy atom. The van der Waals surface area contributed by atoms with Crippen molar-refractivity contribution in [2.75, 3.05) is 6.54 Å². The molecular formula is C21H21N5O. The Morgan fingerprint density at radius 1 is 1.26 bits per heavy atom. The van der Waals surface area contributed by atoms with Gasteiger partial charge in [-0.05, 0) is 49.6 Å². The Morgan fingerprint density at radius 2 is 2.19 bits per heavy atom. The maximum Gasteiger partial charge on any atom is 0.244 e. The Balaban J connectivity index is 1.61. The second-order valence-electron chi connectivity index (χ2n) is 7.00. The number of likely N-dealkylation sites (tertiary alicyclic amines) is 1. The van der Waals surface area contributed by atoms with E-state index in [-0.39, 0.29) is 6.04 Å². The van der Waals surface area contributed by atoms with Crippen LogP contribution in [0.5, 0.6) is 0 Å². The standard InChI is InChI=1S/C21H21N5O/c1-15-6-5-11-26(14-18-9-2-3-10-23-18)19(15)21-24-20(25-27-21)17-8-4-7-16(12-17)13-22/h2-4,7-10,12,15,19H,5-6,11,14H2,1H3/t15-,19-/m0/s1. The van der Waals surface area contributed by atoms with Crippen LogP contribution in [0.3, 0.4) is 0 Å². The second kappa shape index (κ2) is 7.68. The molecular weight excluding hydrogens is 338 g/mol. The predicted octanol–water partition coefficient (Wildman–Crippen LogP) is 3.98. The lowest BCUT2D eigenvalue weighted by molar-refractivity contribution is 0.0673. The first-order valence-electron chi connectivity index (χ1n) is 9.22. The number of piperidine rings is 1. The maximum atomic E-state index is 9.10. The van der Waals surface area contributed by atoms with Gasteiger partial charge in [0.2, 0.25) is 11.7 Å². The van der Waals surface area contributed by atoms with Crippen LogP contribution in [0.25, 0.3) is 11.4 Å². The Labute approximate surface area is 158 Å². The Kier molecular flexibility index (Phi) is 4.95. The summed E-state index contributed by atoms with van der Waals surface area (Å²) in [4.78, 5) is 11.5. The molecule has 3 aromatic rings. The molecule has 6 nitrogen and oxygen atoms in total. The largest absolute Gasteiger partial charge is 0.337 e. The summed E-state index contributed by atoms with van der Waals surface area (Å²) in [7, 11) is 0. The summed E-state index contributed by atoms with van der Waals surface area (Å²) in [6.45, 7) is 3.97. The van der Waals surface area contributed by atoms with Crippen LogP contribution in [0, 0.1) is 17.2 Å². The summed E-state index contributed by atoms with van der Waals surface area (Å²) >= 11 is 0. The molecule has 1 fully saturated rings. The van der Waals surface area contributed by atoms with E-state index in [0.717, 1.165) is 37.2 Å². The third kappa shape index (κ3) is 3.74. The lowest BCUT2D eigenvalue weighted by Crippen LogP contribution is -2.37. The molecule has 2 atom stereocenters. The van der Waals surface area contributed by atoms with Crippen LogP contribution in [-0.2, 0) is 6.54 Å².